The quantitative estimate of drug-likeness (QED) is 0.618. The van der Waals surface area contributed by atoms with E-state index in [1.807, 2.05) is 13.8 Å². The van der Waals surface area contributed by atoms with Crippen molar-refractivity contribution in [2.45, 2.75) is 32.2 Å². The van der Waals surface area contributed by atoms with Gasteiger partial charge in [0.2, 0.25) is 0 Å². The molecule has 5 nitrogen and oxygen atoms in total. The lowest BCUT2D eigenvalue weighted by atomic mass is 10.0. The number of nitrogens with zero attached hydrogens (tertiary/aromatic N) is 2. The van der Waals surface area contributed by atoms with Gasteiger partial charge in [-0.05, 0) is 48.7 Å². The Hall–Kier alpha value is -1.43. The van der Waals surface area contributed by atoms with Crippen LogP contribution < -0.4 is 0 Å². The highest BCUT2D eigenvalue weighted by atomic mass is 79.9. The van der Waals surface area contributed by atoms with Crippen molar-refractivity contribution >= 4 is 27.5 Å². The Morgan fingerprint density at radius 3 is 2.68 bits per heavy atom. The molecule has 0 saturated carbocycles. The highest BCUT2D eigenvalue weighted by molar-refractivity contribution is 9.10. The maximum atomic E-state index is 12.5. The Morgan fingerprint density at radius 2 is 2.16 bits per heavy atom. The number of hydrogen-bond acceptors (Lipinski definition) is 3. The summed E-state index contributed by atoms with van der Waals surface area (Å²) in [7, 11) is 0. The van der Waals surface area contributed by atoms with Crippen LogP contribution in [0.15, 0.2) is 22.7 Å². The van der Waals surface area contributed by atoms with Crippen LogP contribution in [0.25, 0.3) is 0 Å². The largest absolute Gasteiger partial charge is 0.333 e. The van der Waals surface area contributed by atoms with E-state index in [1.165, 1.54) is 6.07 Å². The number of likely N-dealkylation sites (tertiary alicyclic amines) is 1. The number of nitro groups is 1. The first-order valence-electron chi connectivity index (χ1n) is 6.09. The summed E-state index contributed by atoms with van der Waals surface area (Å²) in [5.74, 6) is -0.155. The number of hydrogen-bond donors (Lipinski definition) is 0. The highest BCUT2D eigenvalue weighted by Gasteiger charge is 2.37. The number of nitro benzene ring substituents is 1. The normalized spacial score (nSPS) is 17.5. The van der Waals surface area contributed by atoms with Crippen LogP contribution in [0.3, 0.4) is 0 Å². The number of carbonyl (C=O) groups is 1. The van der Waals surface area contributed by atoms with Crippen LogP contribution in [0.5, 0.6) is 0 Å². The van der Waals surface area contributed by atoms with Crippen LogP contribution in [0.2, 0.25) is 0 Å². The lowest BCUT2D eigenvalue weighted by Crippen LogP contribution is -2.42. The van der Waals surface area contributed by atoms with Gasteiger partial charge in [0, 0.05) is 18.2 Å². The third-order valence-electron chi connectivity index (χ3n) is 3.55. The lowest BCUT2D eigenvalue weighted by molar-refractivity contribution is -0.385. The van der Waals surface area contributed by atoms with E-state index in [9.17, 15) is 14.9 Å². The van der Waals surface area contributed by atoms with Gasteiger partial charge < -0.3 is 4.90 Å². The molecule has 0 bridgehead atoms. The van der Waals surface area contributed by atoms with Crippen molar-refractivity contribution in [2.75, 3.05) is 6.54 Å². The number of benzene rings is 1. The van der Waals surface area contributed by atoms with Crippen LogP contribution in [0.1, 0.15) is 37.0 Å². The van der Waals surface area contributed by atoms with E-state index in [1.54, 1.807) is 17.0 Å². The molecular formula is C13H15BrN2O3. The monoisotopic (exact) mass is 326 g/mol. The Balaban J connectivity index is 2.40. The zero-order valence-corrected chi connectivity index (χ0v) is 12.4. The Labute approximate surface area is 119 Å². The van der Waals surface area contributed by atoms with Gasteiger partial charge in [0.05, 0.1) is 10.5 Å². The van der Waals surface area contributed by atoms with E-state index in [2.05, 4.69) is 15.9 Å². The zero-order valence-electron chi connectivity index (χ0n) is 10.9. The molecule has 1 aromatic carbocycles. The first kappa shape index (κ1) is 14.0. The molecular weight excluding hydrogens is 312 g/mol. The standard InChI is InChI=1S/C13H15BrN2O3/c1-13(2)7-4-8-15(13)12(17)9-5-3-6-10(11(9)14)16(18)19/h3,5-6H,4,7-8H2,1-2H3. The molecule has 0 aromatic heterocycles. The van der Waals surface area contributed by atoms with E-state index in [0.29, 0.717) is 12.1 Å². The molecule has 0 atom stereocenters. The van der Waals surface area contributed by atoms with Crippen molar-refractivity contribution in [3.8, 4) is 0 Å². The van der Waals surface area contributed by atoms with Crippen LogP contribution in [-0.4, -0.2) is 27.8 Å². The number of carbonyl (C=O) groups excluding carboxylic acids is 1. The number of amides is 1. The van der Waals surface area contributed by atoms with Gasteiger partial charge in [-0.2, -0.15) is 0 Å². The van der Waals surface area contributed by atoms with Gasteiger partial charge in [-0.1, -0.05) is 6.07 Å². The minimum Gasteiger partial charge on any atom is -0.333 e. The van der Waals surface area contributed by atoms with Crippen molar-refractivity contribution < 1.29 is 9.72 Å². The maximum absolute atomic E-state index is 12.5. The van der Waals surface area contributed by atoms with Crippen LogP contribution in [-0.2, 0) is 0 Å². The maximum Gasteiger partial charge on any atom is 0.284 e. The summed E-state index contributed by atoms with van der Waals surface area (Å²) < 4.78 is 0.257. The molecule has 0 radical (unpaired) electrons. The molecule has 1 amide bonds. The van der Waals surface area contributed by atoms with E-state index >= 15 is 0 Å². The summed E-state index contributed by atoms with van der Waals surface area (Å²) in [4.78, 5) is 24.7. The lowest BCUT2D eigenvalue weighted by Gasteiger charge is -2.31. The Morgan fingerprint density at radius 1 is 1.47 bits per heavy atom. The molecule has 0 unspecified atom stereocenters. The van der Waals surface area contributed by atoms with Crippen molar-refractivity contribution in [1.82, 2.24) is 4.90 Å². The first-order chi connectivity index (χ1) is 8.84. The fraction of sp³-hybridized carbons (Fsp3) is 0.462. The molecule has 1 aliphatic rings. The summed E-state index contributed by atoms with van der Waals surface area (Å²) in [5.41, 5.74) is 0.0771. The molecule has 19 heavy (non-hydrogen) atoms. The summed E-state index contributed by atoms with van der Waals surface area (Å²) >= 11 is 3.18. The zero-order chi connectivity index (χ0) is 14.2. The second-order valence-electron chi connectivity index (χ2n) is 5.27. The molecule has 0 aliphatic carbocycles. The smallest absolute Gasteiger partial charge is 0.284 e. The fourth-order valence-electron chi connectivity index (χ4n) is 2.46. The Kier molecular flexibility index (Phi) is 3.62. The Bertz CT molecular complexity index is 543. The topological polar surface area (TPSA) is 63.5 Å². The average Bonchev–Trinajstić information content (AvgIpc) is 2.68. The van der Waals surface area contributed by atoms with Crippen molar-refractivity contribution in [2.24, 2.45) is 0 Å². The van der Waals surface area contributed by atoms with E-state index in [0.717, 1.165) is 12.8 Å². The minimum atomic E-state index is -0.490. The van der Waals surface area contributed by atoms with Gasteiger partial charge in [-0.3, -0.25) is 14.9 Å². The van der Waals surface area contributed by atoms with Crippen molar-refractivity contribution in [1.29, 1.82) is 0 Å². The SMILES string of the molecule is CC1(C)CCCN1C(=O)c1cccc([N+](=O)[O-])c1Br. The molecule has 1 saturated heterocycles. The van der Waals surface area contributed by atoms with E-state index < -0.39 is 4.92 Å². The van der Waals surface area contributed by atoms with Gasteiger partial charge in [0.1, 0.15) is 4.47 Å². The molecule has 2 rings (SSSR count). The average molecular weight is 327 g/mol. The molecule has 0 N–H and O–H groups in total. The molecule has 1 aromatic rings. The highest BCUT2D eigenvalue weighted by Crippen LogP contribution is 2.34. The van der Waals surface area contributed by atoms with Gasteiger partial charge in [0.25, 0.3) is 11.6 Å². The summed E-state index contributed by atoms with van der Waals surface area (Å²) in [6.07, 6.45) is 1.91. The molecule has 1 heterocycles. The molecule has 1 fully saturated rings. The van der Waals surface area contributed by atoms with Gasteiger partial charge in [0.15, 0.2) is 0 Å². The van der Waals surface area contributed by atoms with Gasteiger partial charge >= 0.3 is 0 Å². The van der Waals surface area contributed by atoms with Crippen LogP contribution >= 0.6 is 15.9 Å². The predicted molar refractivity (Wildman–Crippen MR) is 75.1 cm³/mol. The number of halogens is 1. The number of rotatable bonds is 2. The van der Waals surface area contributed by atoms with Crippen molar-refractivity contribution in [3.05, 3.63) is 38.3 Å². The van der Waals surface area contributed by atoms with Crippen molar-refractivity contribution in [3.63, 3.8) is 0 Å². The second kappa shape index (κ2) is 4.92. The van der Waals surface area contributed by atoms with Crippen LogP contribution in [0, 0.1) is 10.1 Å². The predicted octanol–water partition coefficient (Wildman–Crippen LogP) is 3.37. The molecule has 6 heteroatoms. The molecule has 0 spiro atoms. The van der Waals surface area contributed by atoms with Crippen LogP contribution in [0.4, 0.5) is 5.69 Å². The third kappa shape index (κ3) is 2.49. The summed E-state index contributed by atoms with van der Waals surface area (Å²) in [5, 5.41) is 10.9. The van der Waals surface area contributed by atoms with Gasteiger partial charge in [-0.25, -0.2) is 0 Å². The second-order valence-corrected chi connectivity index (χ2v) is 6.06. The first-order valence-corrected chi connectivity index (χ1v) is 6.89. The van der Waals surface area contributed by atoms with Gasteiger partial charge in [-0.15, -0.1) is 0 Å². The van der Waals surface area contributed by atoms with E-state index in [4.69, 9.17) is 0 Å². The van der Waals surface area contributed by atoms with E-state index in [-0.39, 0.29) is 21.6 Å². The minimum absolute atomic E-state index is 0.0807. The summed E-state index contributed by atoms with van der Waals surface area (Å²) in [6.45, 7) is 4.73. The summed E-state index contributed by atoms with van der Waals surface area (Å²) in [6, 6.07) is 4.54. The third-order valence-corrected chi connectivity index (χ3v) is 4.38. The fourth-order valence-corrected chi connectivity index (χ4v) is 3.03. The molecule has 1 aliphatic heterocycles. The molecule has 102 valence electrons.